The van der Waals surface area contributed by atoms with E-state index >= 15 is 0 Å². The molecule has 1 aromatic rings. The topological polar surface area (TPSA) is 78.7 Å². The molecule has 0 N–H and O–H groups in total. The molecule has 0 aliphatic carbocycles. The monoisotopic (exact) mass is 372 g/mol. The van der Waals surface area contributed by atoms with Gasteiger partial charge < -0.3 is 14.0 Å². The van der Waals surface area contributed by atoms with E-state index in [-0.39, 0.29) is 10.5 Å². The Labute approximate surface area is 166 Å². The number of rotatable bonds is 2. The Kier molecular flexibility index (Phi) is 2.70. The molecule has 26 heavy (non-hydrogen) atoms. The minimum absolute atomic E-state index is 0.00128. The second kappa shape index (κ2) is 6.23. The Hall–Kier alpha value is -1.61. The minimum atomic E-state index is -3.39. The van der Waals surface area contributed by atoms with Crippen molar-refractivity contribution < 1.29 is 29.8 Å². The molecule has 3 rings (SSSR count). The van der Waals surface area contributed by atoms with E-state index < -0.39 is 61.6 Å². The van der Waals surface area contributed by atoms with Crippen molar-refractivity contribution in [3.8, 4) is 0 Å². The first kappa shape index (κ1) is 11.3. The summed E-state index contributed by atoms with van der Waals surface area (Å²) in [5.74, 6) is 0. The SMILES string of the molecule is [2H]c1nn(C2([2H])N(C(=O)OC(C)(C)C)C([2H])([2H])C([2H])([2H])C2([2H])[2H])nc1B1OC(C)(C)C(C)(C)O1. The molecule has 1 atom stereocenters. The molecule has 9 heteroatoms. The van der Waals surface area contributed by atoms with Gasteiger partial charge in [0.1, 0.15) is 17.3 Å². The van der Waals surface area contributed by atoms with E-state index in [4.69, 9.17) is 25.0 Å². The first-order valence-corrected chi connectivity index (χ1v) is 8.27. The van der Waals surface area contributed by atoms with Crippen molar-refractivity contribution >= 4 is 18.8 Å². The van der Waals surface area contributed by atoms with Gasteiger partial charge in [0.2, 0.25) is 0 Å². The van der Waals surface area contributed by atoms with Crippen molar-refractivity contribution in [2.24, 2.45) is 0 Å². The van der Waals surface area contributed by atoms with Gasteiger partial charge in [-0.1, -0.05) is 0 Å². The summed E-state index contributed by atoms with van der Waals surface area (Å²) in [6.45, 7) is 8.14. The summed E-state index contributed by atoms with van der Waals surface area (Å²) in [5.41, 5.74) is -3.03. The van der Waals surface area contributed by atoms with Crippen molar-refractivity contribution in [2.45, 2.75) is 84.2 Å². The maximum Gasteiger partial charge on any atom is 0.518 e. The Morgan fingerprint density at radius 1 is 1.42 bits per heavy atom. The van der Waals surface area contributed by atoms with Crippen LogP contribution in [0.4, 0.5) is 4.79 Å². The van der Waals surface area contributed by atoms with Crippen LogP contribution in [0.1, 0.15) is 78.3 Å². The lowest BCUT2D eigenvalue weighted by atomic mass is 9.86. The summed E-state index contributed by atoms with van der Waals surface area (Å²) in [6.07, 6.45) is -12.0. The van der Waals surface area contributed by atoms with Crippen LogP contribution in [-0.4, -0.2) is 56.4 Å². The molecule has 1 amide bonds. The van der Waals surface area contributed by atoms with Crippen molar-refractivity contribution in [3.63, 3.8) is 0 Å². The first-order valence-electron chi connectivity index (χ1n) is 12.3. The van der Waals surface area contributed by atoms with E-state index in [2.05, 4.69) is 10.2 Å². The maximum absolute atomic E-state index is 13.0. The molecule has 0 spiro atoms. The van der Waals surface area contributed by atoms with Crippen molar-refractivity contribution in [1.82, 2.24) is 19.9 Å². The number of aromatic nitrogens is 3. The van der Waals surface area contributed by atoms with Crippen LogP contribution in [0.2, 0.25) is 0 Å². The number of carbonyl (C=O) groups is 1. The van der Waals surface area contributed by atoms with E-state index in [0.29, 0.717) is 4.80 Å². The smallest absolute Gasteiger partial charge is 0.444 e. The van der Waals surface area contributed by atoms with Gasteiger partial charge in [-0.25, -0.2) is 4.79 Å². The maximum atomic E-state index is 13.0. The van der Waals surface area contributed by atoms with Gasteiger partial charge in [-0.05, 0) is 61.2 Å². The second-order valence-corrected chi connectivity index (χ2v) is 8.08. The van der Waals surface area contributed by atoms with Crippen LogP contribution in [-0.2, 0) is 14.0 Å². The molecule has 0 saturated carbocycles. The van der Waals surface area contributed by atoms with Gasteiger partial charge in [0.25, 0.3) is 0 Å². The molecular weight excluding hydrogens is 335 g/mol. The van der Waals surface area contributed by atoms with Gasteiger partial charge in [0.15, 0.2) is 0 Å². The fraction of sp³-hybridized carbons (Fsp3) is 0.824. The Bertz CT molecular complexity index is 996. The molecule has 8 nitrogen and oxygen atoms in total. The Balaban J connectivity index is 2.18. The average Bonchev–Trinajstić information content (AvgIpc) is 3.11. The summed E-state index contributed by atoms with van der Waals surface area (Å²) in [6, 6.07) is 0. The highest BCUT2D eigenvalue weighted by Crippen LogP contribution is 2.36. The lowest BCUT2D eigenvalue weighted by Crippen LogP contribution is -2.41. The number of amides is 1. The fourth-order valence-corrected chi connectivity index (χ4v) is 2.22. The molecule has 3 heterocycles. The molecule has 2 saturated heterocycles. The molecule has 144 valence electrons. The van der Waals surface area contributed by atoms with Crippen molar-refractivity contribution in [3.05, 3.63) is 6.17 Å². The fourth-order valence-electron chi connectivity index (χ4n) is 2.22. The third-order valence-corrected chi connectivity index (χ3v) is 4.26. The molecular formula is C17H29BN4O4. The summed E-state index contributed by atoms with van der Waals surface area (Å²) in [7, 11) is -1.22. The number of hydrogen-bond donors (Lipinski definition) is 0. The van der Waals surface area contributed by atoms with Crippen LogP contribution in [0.5, 0.6) is 0 Å². The second-order valence-electron chi connectivity index (χ2n) is 8.08. The predicted molar refractivity (Wildman–Crippen MR) is 96.9 cm³/mol. The lowest BCUT2D eigenvalue weighted by Gasteiger charge is -2.32. The summed E-state index contributed by atoms with van der Waals surface area (Å²) in [5, 5.41) is 7.75. The molecule has 0 aromatic carbocycles. The molecule has 2 aliphatic heterocycles. The summed E-state index contributed by atoms with van der Waals surface area (Å²) >= 11 is 0. The molecule has 0 bridgehead atoms. The molecule has 2 fully saturated rings. The van der Waals surface area contributed by atoms with Gasteiger partial charge >= 0.3 is 13.2 Å². The highest BCUT2D eigenvalue weighted by molar-refractivity contribution is 6.61. The number of likely N-dealkylation sites (tertiary alicyclic amines) is 1. The van der Waals surface area contributed by atoms with E-state index in [1.807, 2.05) is 0 Å². The average molecular weight is 372 g/mol. The van der Waals surface area contributed by atoms with E-state index in [1.165, 1.54) is 20.8 Å². The van der Waals surface area contributed by atoms with Gasteiger partial charge in [-0.2, -0.15) is 15.0 Å². The highest BCUT2D eigenvalue weighted by Gasteiger charge is 2.53. The van der Waals surface area contributed by atoms with Gasteiger partial charge in [-0.15, -0.1) is 0 Å². The third kappa shape index (κ3) is 3.60. The van der Waals surface area contributed by atoms with Crippen LogP contribution < -0.4 is 5.59 Å². The number of nitrogens with zero attached hydrogens (tertiary/aromatic N) is 4. The Morgan fingerprint density at radius 3 is 2.62 bits per heavy atom. The molecule has 2 aliphatic rings. The molecule has 0 radical (unpaired) electrons. The zero-order valence-electron chi connectivity index (χ0n) is 24.0. The summed E-state index contributed by atoms with van der Waals surface area (Å²) in [4.78, 5) is 13.3. The van der Waals surface area contributed by atoms with Crippen LogP contribution in [0, 0.1) is 0 Å². The van der Waals surface area contributed by atoms with E-state index in [9.17, 15) is 4.79 Å². The van der Waals surface area contributed by atoms with Gasteiger partial charge in [-0.3, -0.25) is 4.90 Å². The zero-order valence-corrected chi connectivity index (χ0v) is 16.0. The normalized spacial score (nSPS) is 38.1. The molecule has 1 aromatic heterocycles. The highest BCUT2D eigenvalue weighted by atomic mass is 16.7. The van der Waals surface area contributed by atoms with Crippen LogP contribution in [0.15, 0.2) is 6.17 Å². The van der Waals surface area contributed by atoms with Gasteiger partial charge in [0.05, 0.1) is 20.1 Å². The minimum Gasteiger partial charge on any atom is -0.444 e. The van der Waals surface area contributed by atoms with E-state index in [1.54, 1.807) is 27.7 Å². The number of carbonyl (C=O) groups excluding carboxylic acids is 1. The van der Waals surface area contributed by atoms with E-state index in [0.717, 1.165) is 0 Å². The first-order chi connectivity index (χ1) is 14.9. The largest absolute Gasteiger partial charge is 0.518 e. The van der Waals surface area contributed by atoms with Crippen molar-refractivity contribution in [2.75, 3.05) is 6.50 Å². The zero-order chi connectivity index (χ0) is 26.5. The van der Waals surface area contributed by atoms with Crippen LogP contribution >= 0.6 is 0 Å². The van der Waals surface area contributed by atoms with Crippen molar-refractivity contribution in [1.29, 1.82) is 0 Å². The third-order valence-electron chi connectivity index (χ3n) is 4.26. The predicted octanol–water partition coefficient (Wildman–Crippen LogP) is 2.11. The quantitative estimate of drug-likeness (QED) is 0.740. The standard InChI is InChI=1S/C17H29BN4O4/c1-15(2,3)24-14(23)21-10-8-9-13(21)22-19-11-12(20-22)18-25-16(4,5)17(6,7)26-18/h11,13H,8-10H2,1-7H3/i8D2,9D2,10D2,11D,13D. The number of hydrogen-bond acceptors (Lipinski definition) is 6. The van der Waals surface area contributed by atoms with Gasteiger partial charge in [0, 0.05) is 14.7 Å². The Morgan fingerprint density at radius 2 is 2.04 bits per heavy atom. The summed E-state index contributed by atoms with van der Waals surface area (Å²) < 4.78 is 83.7. The lowest BCUT2D eigenvalue weighted by molar-refractivity contribution is 0.00578. The molecule has 1 unspecified atom stereocenters. The number of ether oxygens (including phenoxy) is 1. The van der Waals surface area contributed by atoms with Crippen LogP contribution in [0.25, 0.3) is 0 Å². The van der Waals surface area contributed by atoms with Crippen LogP contribution in [0.3, 0.4) is 0 Å².